The molecule has 0 saturated carbocycles. The molecule has 0 saturated heterocycles. The lowest BCUT2D eigenvalue weighted by atomic mass is 9.99. The van der Waals surface area contributed by atoms with E-state index in [-0.39, 0.29) is 25.7 Å². The fourth-order valence-electron chi connectivity index (χ4n) is 11.2. The third-order valence-electron chi connectivity index (χ3n) is 17.4. The zero-order chi connectivity index (χ0) is 68.9. The van der Waals surface area contributed by atoms with Crippen molar-refractivity contribution in [3.05, 3.63) is 0 Å². The van der Waals surface area contributed by atoms with Gasteiger partial charge in [-0.1, -0.05) is 319 Å². The maximum atomic E-state index is 13.0. The number of phosphoric ester groups is 2. The van der Waals surface area contributed by atoms with E-state index >= 15 is 0 Å². The molecule has 17 nitrogen and oxygen atoms in total. The van der Waals surface area contributed by atoms with Gasteiger partial charge in [-0.25, -0.2) is 9.13 Å². The van der Waals surface area contributed by atoms with Gasteiger partial charge in [0, 0.05) is 25.7 Å². The van der Waals surface area contributed by atoms with Crippen LogP contribution in [0, 0.1) is 23.7 Å². The molecule has 0 heterocycles. The van der Waals surface area contributed by atoms with E-state index in [0.717, 1.165) is 115 Å². The molecule has 0 rings (SSSR count). The van der Waals surface area contributed by atoms with Gasteiger partial charge in [-0.2, -0.15) is 0 Å². The first-order chi connectivity index (χ1) is 44.6. The Bertz CT molecular complexity index is 1840. The van der Waals surface area contributed by atoms with Crippen molar-refractivity contribution in [1.29, 1.82) is 0 Å². The number of ether oxygens (including phenoxy) is 4. The summed E-state index contributed by atoms with van der Waals surface area (Å²) in [5.41, 5.74) is 0. The molecule has 0 aromatic rings. The summed E-state index contributed by atoms with van der Waals surface area (Å²) in [7, 11) is -9.91. The molecular weight excluding hydrogens is 1220 g/mol. The van der Waals surface area contributed by atoms with Crippen LogP contribution in [-0.2, 0) is 65.4 Å². The maximum absolute atomic E-state index is 13.0. The van der Waals surface area contributed by atoms with Crippen molar-refractivity contribution in [1.82, 2.24) is 0 Å². The van der Waals surface area contributed by atoms with E-state index in [4.69, 9.17) is 37.0 Å². The van der Waals surface area contributed by atoms with Gasteiger partial charge in [0.1, 0.15) is 19.3 Å². The smallest absolute Gasteiger partial charge is 0.462 e. The van der Waals surface area contributed by atoms with Gasteiger partial charge < -0.3 is 33.8 Å². The summed E-state index contributed by atoms with van der Waals surface area (Å²) in [6.45, 7) is 14.1. The summed E-state index contributed by atoms with van der Waals surface area (Å²) in [5, 5.41) is 10.6. The van der Waals surface area contributed by atoms with E-state index in [0.29, 0.717) is 37.5 Å². The van der Waals surface area contributed by atoms with Gasteiger partial charge in [-0.05, 0) is 49.4 Å². The fraction of sp³-hybridized carbons (Fsp3) is 0.946. The molecule has 93 heavy (non-hydrogen) atoms. The lowest BCUT2D eigenvalue weighted by Gasteiger charge is -2.21. The predicted octanol–water partition coefficient (Wildman–Crippen LogP) is 21.3. The second kappa shape index (κ2) is 63.5. The van der Waals surface area contributed by atoms with Crippen LogP contribution in [0.1, 0.15) is 370 Å². The van der Waals surface area contributed by atoms with Gasteiger partial charge in [0.15, 0.2) is 12.2 Å². The largest absolute Gasteiger partial charge is 0.472 e. The molecule has 19 heteroatoms. The fourth-order valence-corrected chi connectivity index (χ4v) is 12.7. The summed E-state index contributed by atoms with van der Waals surface area (Å²) in [6, 6.07) is 0. The summed E-state index contributed by atoms with van der Waals surface area (Å²) in [6.07, 6.45) is 47.4. The monoisotopic (exact) mass is 1370 g/mol. The summed E-state index contributed by atoms with van der Waals surface area (Å²) in [5.74, 6) is 0.890. The van der Waals surface area contributed by atoms with Crippen LogP contribution >= 0.6 is 15.6 Å². The second-order valence-corrected chi connectivity index (χ2v) is 31.3. The minimum absolute atomic E-state index is 0.106. The number of hydrogen-bond acceptors (Lipinski definition) is 15. The molecule has 3 N–H and O–H groups in total. The number of aliphatic hydroxyl groups excluding tert-OH is 1. The number of carbonyl (C=O) groups excluding carboxylic acids is 4. The predicted molar refractivity (Wildman–Crippen MR) is 377 cm³/mol. The number of esters is 4. The molecule has 0 spiro atoms. The molecule has 0 aromatic carbocycles. The summed E-state index contributed by atoms with van der Waals surface area (Å²) < 4.78 is 68.4. The number of rotatable bonds is 71. The van der Waals surface area contributed by atoms with Crippen LogP contribution in [0.25, 0.3) is 0 Å². The van der Waals surface area contributed by atoms with Crippen LogP contribution in [0.5, 0.6) is 0 Å². The average molecular weight is 1370 g/mol. The van der Waals surface area contributed by atoms with Gasteiger partial charge in [0.2, 0.25) is 0 Å². The molecule has 0 aliphatic carbocycles. The van der Waals surface area contributed by atoms with Crippen molar-refractivity contribution in [3.63, 3.8) is 0 Å². The van der Waals surface area contributed by atoms with Crippen LogP contribution in [-0.4, -0.2) is 96.7 Å². The topological polar surface area (TPSA) is 237 Å². The molecule has 0 radical (unpaired) electrons. The maximum Gasteiger partial charge on any atom is 0.472 e. The second-order valence-electron chi connectivity index (χ2n) is 28.4. The Morgan fingerprint density at radius 1 is 0.301 bits per heavy atom. The molecule has 0 bridgehead atoms. The standard InChI is InChI=1S/C74H144O17P2/c1-9-67(8)53-45-37-28-22-18-14-10-11-15-19-23-29-40-48-56-73(78)90-69(60-84-71(76)54-46-38-31-25-27-35-43-51-65(4)5)62-88-92(80,81)86-58-68(75)59-87-93(82,83)89-63-70(61-85-72(77)55-47-39-33-32-36-44-52-66(6)7)91-74(79)57-49-41-30-24-20-16-12-13-17-21-26-34-42-50-64(2)3/h64-70,75H,9-63H2,1-8H3,(H,80,81)(H,82,83)/t67?,68-,69-,70-/m1/s1. The van der Waals surface area contributed by atoms with Crippen LogP contribution in [0.3, 0.4) is 0 Å². The van der Waals surface area contributed by atoms with Crippen molar-refractivity contribution in [2.75, 3.05) is 39.6 Å². The number of carbonyl (C=O) groups is 4. The van der Waals surface area contributed by atoms with Crippen molar-refractivity contribution >= 4 is 39.5 Å². The Labute approximate surface area is 568 Å². The minimum atomic E-state index is -4.95. The molecule has 0 aromatic heterocycles. The van der Waals surface area contributed by atoms with Gasteiger partial charge in [-0.15, -0.1) is 0 Å². The van der Waals surface area contributed by atoms with Crippen molar-refractivity contribution in [2.45, 2.75) is 388 Å². The highest BCUT2D eigenvalue weighted by molar-refractivity contribution is 7.47. The minimum Gasteiger partial charge on any atom is -0.462 e. The van der Waals surface area contributed by atoms with Crippen LogP contribution in [0.15, 0.2) is 0 Å². The molecule has 552 valence electrons. The van der Waals surface area contributed by atoms with Crippen molar-refractivity contribution in [3.8, 4) is 0 Å². The quantitative estimate of drug-likeness (QED) is 0.0222. The van der Waals surface area contributed by atoms with E-state index in [1.807, 2.05) is 0 Å². The van der Waals surface area contributed by atoms with Crippen LogP contribution in [0.2, 0.25) is 0 Å². The molecule has 0 aliphatic rings. The van der Waals surface area contributed by atoms with E-state index < -0.39 is 97.5 Å². The first-order valence-corrected chi connectivity index (χ1v) is 41.2. The lowest BCUT2D eigenvalue weighted by Crippen LogP contribution is -2.30. The number of unbranched alkanes of at least 4 members (excludes halogenated alkanes) is 36. The van der Waals surface area contributed by atoms with Gasteiger partial charge in [-0.3, -0.25) is 37.3 Å². The van der Waals surface area contributed by atoms with Crippen LogP contribution in [0.4, 0.5) is 0 Å². The highest BCUT2D eigenvalue weighted by Crippen LogP contribution is 2.45. The Morgan fingerprint density at radius 2 is 0.516 bits per heavy atom. The molecular formula is C74H144O17P2. The Kier molecular flexibility index (Phi) is 62.2. The highest BCUT2D eigenvalue weighted by atomic mass is 31.2. The van der Waals surface area contributed by atoms with Gasteiger partial charge >= 0.3 is 39.5 Å². The van der Waals surface area contributed by atoms with E-state index in [2.05, 4.69) is 55.4 Å². The van der Waals surface area contributed by atoms with Crippen molar-refractivity contribution < 1.29 is 80.2 Å². The van der Waals surface area contributed by atoms with Gasteiger partial charge in [0.25, 0.3) is 0 Å². The van der Waals surface area contributed by atoms with E-state index in [1.165, 1.54) is 161 Å². The number of aliphatic hydroxyl groups is 1. The summed E-state index contributed by atoms with van der Waals surface area (Å²) >= 11 is 0. The first kappa shape index (κ1) is 91.1. The molecule has 0 amide bonds. The molecule has 0 fully saturated rings. The SMILES string of the molecule is CCC(C)CCCCCCCCCCCCCCCCC(=O)O[C@H](COC(=O)CCCCCCCCCC(C)C)COP(=O)(O)OC[C@@H](O)COP(=O)(O)OC[C@@H](COC(=O)CCCCCCCCC(C)C)OC(=O)CCCCCCCCCCCCCCCC(C)C. The van der Waals surface area contributed by atoms with Crippen LogP contribution < -0.4 is 0 Å². The Balaban J connectivity index is 5.20. The molecule has 0 aliphatic heterocycles. The number of phosphoric acid groups is 2. The summed E-state index contributed by atoms with van der Waals surface area (Å²) in [4.78, 5) is 72.6. The van der Waals surface area contributed by atoms with Gasteiger partial charge in [0.05, 0.1) is 26.4 Å². The Hall–Kier alpha value is -1.94. The molecule has 3 unspecified atom stereocenters. The highest BCUT2D eigenvalue weighted by Gasteiger charge is 2.30. The third-order valence-corrected chi connectivity index (χ3v) is 19.3. The Morgan fingerprint density at radius 3 is 0.763 bits per heavy atom. The van der Waals surface area contributed by atoms with Crippen molar-refractivity contribution in [2.24, 2.45) is 23.7 Å². The zero-order valence-corrected chi connectivity index (χ0v) is 62.7. The lowest BCUT2D eigenvalue weighted by molar-refractivity contribution is -0.161. The third kappa shape index (κ3) is 67.0. The van der Waals surface area contributed by atoms with E-state index in [9.17, 15) is 43.2 Å². The van der Waals surface area contributed by atoms with E-state index in [1.54, 1.807) is 0 Å². The molecule has 6 atom stereocenters. The average Bonchev–Trinajstić information content (AvgIpc) is 3.66. The number of hydrogen-bond donors (Lipinski definition) is 3. The normalized spacial score (nSPS) is 14.5. The zero-order valence-electron chi connectivity index (χ0n) is 60.9. The first-order valence-electron chi connectivity index (χ1n) is 38.2.